The molecule has 2 aromatic rings. The SMILES string of the molecule is O=C(NCCS(=O)(=O)N1CCc2ccccc21)C1(c2ccc(Br)cc2)CCOCC1. The highest BCUT2D eigenvalue weighted by atomic mass is 79.9. The molecule has 1 amide bonds. The first-order valence-corrected chi connectivity index (χ1v) is 12.5. The van der Waals surface area contributed by atoms with E-state index in [1.807, 2.05) is 48.5 Å². The van der Waals surface area contributed by atoms with Crippen LogP contribution in [0.25, 0.3) is 0 Å². The van der Waals surface area contributed by atoms with Crippen molar-refractivity contribution >= 4 is 37.5 Å². The third-order valence-electron chi connectivity index (χ3n) is 6.00. The zero-order valence-electron chi connectivity index (χ0n) is 16.6. The number of carbonyl (C=O) groups excluding carboxylic acids is 1. The van der Waals surface area contributed by atoms with Crippen molar-refractivity contribution in [1.29, 1.82) is 0 Å². The van der Waals surface area contributed by atoms with Gasteiger partial charge in [-0.15, -0.1) is 0 Å². The molecule has 0 bridgehead atoms. The molecule has 2 aromatic carbocycles. The van der Waals surface area contributed by atoms with Gasteiger partial charge in [-0.3, -0.25) is 9.10 Å². The Morgan fingerprint density at radius 3 is 2.53 bits per heavy atom. The second kappa shape index (κ2) is 8.69. The molecule has 2 heterocycles. The summed E-state index contributed by atoms with van der Waals surface area (Å²) in [6.07, 6.45) is 1.87. The lowest BCUT2D eigenvalue weighted by Crippen LogP contribution is -2.49. The van der Waals surface area contributed by atoms with Gasteiger partial charge in [0.1, 0.15) is 0 Å². The summed E-state index contributed by atoms with van der Waals surface area (Å²) in [5.41, 5.74) is 2.03. The fourth-order valence-corrected chi connectivity index (χ4v) is 6.00. The first kappa shape index (κ1) is 21.3. The van der Waals surface area contributed by atoms with Crippen LogP contribution in [0.4, 0.5) is 5.69 Å². The summed E-state index contributed by atoms with van der Waals surface area (Å²) in [4.78, 5) is 13.2. The number of para-hydroxylation sites is 1. The van der Waals surface area contributed by atoms with Crippen LogP contribution in [0.1, 0.15) is 24.0 Å². The second-order valence-electron chi connectivity index (χ2n) is 7.72. The molecule has 2 aliphatic heterocycles. The van der Waals surface area contributed by atoms with Crippen LogP contribution < -0.4 is 9.62 Å². The van der Waals surface area contributed by atoms with Gasteiger partial charge in [-0.1, -0.05) is 46.3 Å². The normalized spacial score (nSPS) is 18.1. The van der Waals surface area contributed by atoms with E-state index in [9.17, 15) is 13.2 Å². The third-order valence-corrected chi connectivity index (χ3v) is 8.30. The van der Waals surface area contributed by atoms with Crippen LogP contribution in [0.3, 0.4) is 0 Å². The molecule has 0 radical (unpaired) electrons. The van der Waals surface area contributed by atoms with Gasteiger partial charge < -0.3 is 10.1 Å². The van der Waals surface area contributed by atoms with Crippen molar-refractivity contribution in [3.63, 3.8) is 0 Å². The zero-order valence-corrected chi connectivity index (χ0v) is 19.0. The van der Waals surface area contributed by atoms with Crippen molar-refractivity contribution in [1.82, 2.24) is 5.32 Å². The maximum atomic E-state index is 13.2. The van der Waals surface area contributed by atoms with E-state index in [2.05, 4.69) is 21.2 Å². The average molecular weight is 493 g/mol. The van der Waals surface area contributed by atoms with Crippen LogP contribution >= 0.6 is 15.9 Å². The smallest absolute Gasteiger partial charge is 0.236 e. The molecule has 1 saturated heterocycles. The minimum absolute atomic E-state index is 0.0823. The van der Waals surface area contributed by atoms with E-state index in [4.69, 9.17) is 4.74 Å². The minimum atomic E-state index is -3.50. The van der Waals surface area contributed by atoms with Crippen LogP contribution in [0.2, 0.25) is 0 Å². The first-order valence-electron chi connectivity index (χ1n) is 10.1. The molecule has 0 atom stereocenters. The van der Waals surface area contributed by atoms with Gasteiger partial charge in [0, 0.05) is 30.8 Å². The van der Waals surface area contributed by atoms with E-state index < -0.39 is 15.4 Å². The highest BCUT2D eigenvalue weighted by Gasteiger charge is 2.41. The van der Waals surface area contributed by atoms with Crippen LogP contribution in [0, 0.1) is 0 Å². The Bertz CT molecular complexity index is 1020. The van der Waals surface area contributed by atoms with E-state index in [1.54, 1.807) is 0 Å². The maximum absolute atomic E-state index is 13.2. The molecule has 0 aromatic heterocycles. The van der Waals surface area contributed by atoms with Crippen LogP contribution in [-0.4, -0.2) is 46.4 Å². The minimum Gasteiger partial charge on any atom is -0.381 e. The Morgan fingerprint density at radius 2 is 1.80 bits per heavy atom. The number of anilines is 1. The number of nitrogens with one attached hydrogen (secondary N) is 1. The van der Waals surface area contributed by atoms with Crippen molar-refractivity contribution < 1.29 is 17.9 Å². The number of nitrogens with zero attached hydrogens (tertiary/aromatic N) is 1. The number of fused-ring (bicyclic) bond motifs is 1. The predicted molar refractivity (Wildman–Crippen MR) is 120 cm³/mol. The summed E-state index contributed by atoms with van der Waals surface area (Å²) < 4.78 is 33.7. The largest absolute Gasteiger partial charge is 0.381 e. The Kier molecular flexibility index (Phi) is 6.18. The molecular weight excluding hydrogens is 468 g/mol. The van der Waals surface area contributed by atoms with Crippen molar-refractivity contribution in [2.45, 2.75) is 24.7 Å². The molecule has 2 aliphatic rings. The molecule has 1 fully saturated rings. The Labute approximate surface area is 185 Å². The van der Waals surface area contributed by atoms with Gasteiger partial charge in [-0.2, -0.15) is 0 Å². The predicted octanol–water partition coefficient (Wildman–Crippen LogP) is 3.01. The molecular formula is C22H25BrN2O4S. The van der Waals surface area contributed by atoms with Gasteiger partial charge in [0.15, 0.2) is 0 Å². The van der Waals surface area contributed by atoms with E-state index in [0.717, 1.165) is 21.3 Å². The van der Waals surface area contributed by atoms with Gasteiger partial charge in [0.2, 0.25) is 15.9 Å². The monoisotopic (exact) mass is 492 g/mol. The molecule has 160 valence electrons. The lowest BCUT2D eigenvalue weighted by atomic mass is 9.73. The van der Waals surface area contributed by atoms with E-state index in [1.165, 1.54) is 4.31 Å². The summed E-state index contributed by atoms with van der Waals surface area (Å²) in [6, 6.07) is 15.3. The number of hydrogen-bond acceptors (Lipinski definition) is 4. The van der Waals surface area contributed by atoms with Crippen LogP contribution in [0.15, 0.2) is 53.0 Å². The first-order chi connectivity index (χ1) is 14.4. The highest BCUT2D eigenvalue weighted by molar-refractivity contribution is 9.10. The molecule has 0 saturated carbocycles. The van der Waals surface area contributed by atoms with Gasteiger partial charge >= 0.3 is 0 Å². The number of benzene rings is 2. The Balaban J connectivity index is 1.45. The number of carbonyl (C=O) groups is 1. The van der Waals surface area contributed by atoms with Gasteiger partial charge in [-0.25, -0.2) is 8.42 Å². The summed E-state index contributed by atoms with van der Waals surface area (Å²) >= 11 is 3.44. The maximum Gasteiger partial charge on any atom is 0.236 e. The van der Waals surface area contributed by atoms with Crippen molar-refractivity contribution in [2.75, 3.05) is 36.4 Å². The van der Waals surface area contributed by atoms with Crippen LogP contribution in [0.5, 0.6) is 0 Å². The summed E-state index contributed by atoms with van der Waals surface area (Å²) in [5, 5.41) is 2.90. The third kappa shape index (κ3) is 4.13. The molecule has 0 unspecified atom stereocenters. The fraction of sp³-hybridized carbons (Fsp3) is 0.409. The lowest BCUT2D eigenvalue weighted by molar-refractivity contribution is -0.130. The van der Waals surface area contributed by atoms with Gasteiger partial charge in [0.25, 0.3) is 0 Å². The van der Waals surface area contributed by atoms with Crippen LogP contribution in [-0.2, 0) is 31.4 Å². The summed E-state index contributed by atoms with van der Waals surface area (Å²) in [5.74, 6) is -0.259. The Hall–Kier alpha value is -1.90. The molecule has 8 heteroatoms. The van der Waals surface area contributed by atoms with E-state index in [0.29, 0.717) is 39.0 Å². The molecule has 0 aliphatic carbocycles. The Morgan fingerprint density at radius 1 is 1.10 bits per heavy atom. The number of halogens is 1. The molecule has 1 N–H and O–H groups in total. The molecule has 30 heavy (non-hydrogen) atoms. The summed E-state index contributed by atoms with van der Waals surface area (Å²) in [7, 11) is -3.50. The fourth-order valence-electron chi connectivity index (χ4n) is 4.31. The summed E-state index contributed by atoms with van der Waals surface area (Å²) in [6.45, 7) is 1.55. The molecule has 0 spiro atoms. The quantitative estimate of drug-likeness (QED) is 0.672. The van der Waals surface area contributed by atoms with E-state index in [-0.39, 0.29) is 18.2 Å². The van der Waals surface area contributed by atoms with Crippen molar-refractivity contribution in [3.05, 3.63) is 64.1 Å². The van der Waals surface area contributed by atoms with Gasteiger partial charge in [-0.05, 0) is 48.6 Å². The zero-order chi connectivity index (χ0) is 21.2. The topological polar surface area (TPSA) is 75.7 Å². The molecule has 4 rings (SSSR count). The number of ether oxygens (including phenoxy) is 1. The number of amides is 1. The van der Waals surface area contributed by atoms with Crippen molar-refractivity contribution in [3.8, 4) is 0 Å². The number of hydrogen-bond donors (Lipinski definition) is 1. The highest BCUT2D eigenvalue weighted by Crippen LogP contribution is 2.36. The number of sulfonamides is 1. The average Bonchev–Trinajstić information content (AvgIpc) is 3.20. The van der Waals surface area contributed by atoms with Gasteiger partial charge in [0.05, 0.1) is 16.9 Å². The van der Waals surface area contributed by atoms with E-state index >= 15 is 0 Å². The second-order valence-corrected chi connectivity index (χ2v) is 10.7. The lowest BCUT2D eigenvalue weighted by Gasteiger charge is -2.36. The number of rotatable bonds is 6. The molecule has 6 nitrogen and oxygen atoms in total. The standard InChI is InChI=1S/C22H25BrN2O4S/c23-19-7-5-18(6-8-19)22(10-14-29-15-11-22)21(26)24-12-16-30(27,28)25-13-9-17-3-1-2-4-20(17)25/h1-8H,9-16H2,(H,24,26). The van der Waals surface area contributed by atoms with Crippen molar-refractivity contribution in [2.24, 2.45) is 0 Å².